The normalized spacial score (nSPS) is 18.9. The lowest BCUT2D eigenvalue weighted by molar-refractivity contribution is 0.182. The lowest BCUT2D eigenvalue weighted by Gasteiger charge is -2.24. The molecule has 1 aromatic heterocycles. The molecule has 0 unspecified atom stereocenters. The molecule has 0 fully saturated rings. The van der Waals surface area contributed by atoms with Crippen molar-refractivity contribution < 1.29 is 32.1 Å². The fourth-order valence-electron chi connectivity index (χ4n) is 3.50. The van der Waals surface area contributed by atoms with E-state index in [0.717, 1.165) is 6.20 Å². The number of nitrogens with one attached hydrogen (secondary N) is 1. The van der Waals surface area contributed by atoms with Gasteiger partial charge in [0.2, 0.25) is 11.8 Å². The topological polar surface area (TPSA) is 152 Å². The number of aromatic amines is 1. The third-order valence-corrected chi connectivity index (χ3v) is 6.18. The van der Waals surface area contributed by atoms with E-state index >= 15 is 0 Å². The van der Waals surface area contributed by atoms with E-state index in [4.69, 9.17) is 19.3 Å². The van der Waals surface area contributed by atoms with Gasteiger partial charge in [-0.1, -0.05) is 0 Å². The maximum absolute atomic E-state index is 13.1. The van der Waals surface area contributed by atoms with Crippen LogP contribution in [0, 0.1) is 0 Å². The molecular weight excluding hydrogens is 481 g/mol. The number of sulfonamides is 1. The standard InChI is InChI=1S/C22H26FN5O6S/c1-13(8-23)33-16-5-14(18-3-4-19(27-18)22-26-15(11-29)12-32-22)6-17(7-16)34-20-10-28(2)21(9-25-20)35(24,30)31/h3-7,9,13,15,27,29H,8,10-12H2,1-2H3,(H2,24,30,31)/t13-,15+/m0/s1. The van der Waals surface area contributed by atoms with E-state index in [2.05, 4.69) is 15.0 Å². The van der Waals surface area contributed by atoms with Crippen LogP contribution < -0.4 is 14.6 Å². The number of benzene rings is 1. The van der Waals surface area contributed by atoms with Crippen LogP contribution in [-0.4, -0.2) is 80.8 Å². The molecule has 13 heteroatoms. The van der Waals surface area contributed by atoms with Gasteiger partial charge in [-0.3, -0.25) is 0 Å². The van der Waals surface area contributed by atoms with E-state index in [1.54, 1.807) is 38.2 Å². The number of aliphatic hydroxyl groups is 1. The first-order chi connectivity index (χ1) is 16.7. The van der Waals surface area contributed by atoms with Gasteiger partial charge < -0.3 is 29.2 Å². The van der Waals surface area contributed by atoms with Crippen molar-refractivity contribution in [2.75, 3.05) is 33.5 Å². The van der Waals surface area contributed by atoms with Gasteiger partial charge in [-0.15, -0.1) is 0 Å². The van der Waals surface area contributed by atoms with Gasteiger partial charge in [0.05, 0.1) is 19.4 Å². The predicted molar refractivity (Wildman–Crippen MR) is 128 cm³/mol. The number of halogens is 1. The Morgan fingerprint density at radius 2 is 2.06 bits per heavy atom. The minimum Gasteiger partial charge on any atom is -0.488 e. The first-order valence-electron chi connectivity index (χ1n) is 10.7. The molecule has 35 heavy (non-hydrogen) atoms. The van der Waals surface area contributed by atoms with Crippen LogP contribution >= 0.6 is 0 Å². The number of hydrogen-bond donors (Lipinski definition) is 3. The summed E-state index contributed by atoms with van der Waals surface area (Å²) in [5.74, 6) is 1.37. The highest BCUT2D eigenvalue weighted by atomic mass is 32.2. The smallest absolute Gasteiger partial charge is 0.254 e. The minimum absolute atomic E-state index is 0.0689. The highest BCUT2D eigenvalue weighted by Crippen LogP contribution is 2.31. The zero-order valence-corrected chi connectivity index (χ0v) is 20.0. The Labute approximate surface area is 201 Å². The first kappa shape index (κ1) is 24.7. The minimum atomic E-state index is -3.92. The Hall–Kier alpha value is -3.42. The SMILES string of the molecule is C[C@@H](CF)Oc1cc(OC2=NC=C(S(N)(=O)=O)N(C)C2)cc(-c2ccc(C3=N[C@H](CO)CO3)[nH]2)c1. The van der Waals surface area contributed by atoms with Gasteiger partial charge in [-0.25, -0.2) is 27.9 Å². The molecule has 11 nitrogen and oxygen atoms in total. The van der Waals surface area contributed by atoms with Crippen molar-refractivity contribution in [2.24, 2.45) is 15.1 Å². The van der Waals surface area contributed by atoms with E-state index in [1.165, 1.54) is 4.90 Å². The molecule has 0 saturated carbocycles. The summed E-state index contributed by atoms with van der Waals surface area (Å²) in [6, 6.07) is 8.38. The summed E-state index contributed by atoms with van der Waals surface area (Å²) in [5.41, 5.74) is 2.01. The Kier molecular flexibility index (Phi) is 7.10. The predicted octanol–water partition coefficient (Wildman–Crippen LogP) is 1.37. The number of nitrogens with two attached hydrogens (primary N) is 1. The lowest BCUT2D eigenvalue weighted by atomic mass is 10.1. The van der Waals surface area contributed by atoms with Crippen molar-refractivity contribution in [1.82, 2.24) is 9.88 Å². The van der Waals surface area contributed by atoms with Crippen molar-refractivity contribution in [3.8, 4) is 22.8 Å². The average Bonchev–Trinajstić information content (AvgIpc) is 3.47. The fourth-order valence-corrected chi connectivity index (χ4v) is 4.19. The Balaban J connectivity index is 1.64. The Bertz CT molecular complexity index is 1290. The van der Waals surface area contributed by atoms with E-state index in [0.29, 0.717) is 41.0 Å². The van der Waals surface area contributed by atoms with Crippen LogP contribution in [0.2, 0.25) is 0 Å². The zero-order chi connectivity index (χ0) is 25.2. The van der Waals surface area contributed by atoms with Crippen LogP contribution in [0.3, 0.4) is 0 Å². The summed E-state index contributed by atoms with van der Waals surface area (Å²) in [4.78, 5) is 13.0. The van der Waals surface area contributed by atoms with Crippen molar-refractivity contribution in [3.05, 3.63) is 47.3 Å². The average molecular weight is 508 g/mol. The number of aromatic nitrogens is 1. The number of nitrogens with zero attached hydrogens (tertiary/aromatic N) is 3. The number of aliphatic hydroxyl groups excluding tert-OH is 1. The van der Waals surface area contributed by atoms with Gasteiger partial charge in [0.25, 0.3) is 10.0 Å². The molecule has 2 aliphatic heterocycles. The number of hydrogen-bond acceptors (Lipinski definition) is 9. The number of H-pyrrole nitrogens is 1. The number of ether oxygens (including phenoxy) is 3. The number of aliphatic imine (C=N–C) groups is 2. The maximum Gasteiger partial charge on any atom is 0.254 e. The molecule has 4 N–H and O–H groups in total. The second kappa shape index (κ2) is 10.1. The molecule has 0 radical (unpaired) electrons. The van der Waals surface area contributed by atoms with Gasteiger partial charge in [0.1, 0.15) is 42.6 Å². The number of likely N-dealkylation sites (N-methyl/N-ethyl adjacent to an activating group) is 1. The van der Waals surface area contributed by atoms with Gasteiger partial charge in [-0.05, 0) is 31.2 Å². The molecule has 1 aromatic carbocycles. The van der Waals surface area contributed by atoms with Gasteiger partial charge in [0, 0.05) is 24.4 Å². The molecule has 0 amide bonds. The summed E-state index contributed by atoms with van der Waals surface area (Å²) < 4.78 is 53.5. The quantitative estimate of drug-likeness (QED) is 0.488. The third kappa shape index (κ3) is 5.81. The molecule has 3 heterocycles. The highest BCUT2D eigenvalue weighted by molar-refractivity contribution is 7.93. The monoisotopic (exact) mass is 507 g/mol. The van der Waals surface area contributed by atoms with Crippen LogP contribution in [0.4, 0.5) is 4.39 Å². The summed E-state index contributed by atoms with van der Waals surface area (Å²) in [7, 11) is -2.36. The Morgan fingerprint density at radius 3 is 2.71 bits per heavy atom. The van der Waals surface area contributed by atoms with E-state index in [-0.39, 0.29) is 30.1 Å². The molecule has 188 valence electrons. The van der Waals surface area contributed by atoms with Gasteiger partial charge in [0.15, 0.2) is 5.03 Å². The molecule has 4 rings (SSSR count). The summed E-state index contributed by atoms with van der Waals surface area (Å²) >= 11 is 0. The van der Waals surface area contributed by atoms with E-state index in [9.17, 15) is 17.9 Å². The number of primary sulfonamides is 1. The second-order valence-corrected chi connectivity index (χ2v) is 9.64. The first-order valence-corrected chi connectivity index (χ1v) is 12.3. The summed E-state index contributed by atoms with van der Waals surface area (Å²) in [6.45, 7) is 1.21. The second-order valence-electron chi connectivity index (χ2n) is 8.14. The van der Waals surface area contributed by atoms with Gasteiger partial charge in [-0.2, -0.15) is 0 Å². The van der Waals surface area contributed by atoms with Crippen LogP contribution in [0.5, 0.6) is 11.5 Å². The highest BCUT2D eigenvalue weighted by Gasteiger charge is 2.24. The fraction of sp³-hybridized carbons (Fsp3) is 0.364. The van der Waals surface area contributed by atoms with Crippen molar-refractivity contribution in [1.29, 1.82) is 0 Å². The zero-order valence-electron chi connectivity index (χ0n) is 19.1. The Morgan fingerprint density at radius 1 is 1.31 bits per heavy atom. The molecular formula is C22H26FN5O6S. The summed E-state index contributed by atoms with van der Waals surface area (Å²) in [5, 5.41) is 14.3. The van der Waals surface area contributed by atoms with Gasteiger partial charge >= 0.3 is 0 Å². The molecule has 2 atom stereocenters. The number of rotatable bonds is 8. The van der Waals surface area contributed by atoms with Crippen LogP contribution in [-0.2, 0) is 14.8 Å². The van der Waals surface area contributed by atoms with Crippen molar-refractivity contribution in [2.45, 2.75) is 19.1 Å². The largest absolute Gasteiger partial charge is 0.488 e. The molecule has 0 spiro atoms. The molecule has 0 saturated heterocycles. The van der Waals surface area contributed by atoms with Crippen LogP contribution in [0.1, 0.15) is 12.6 Å². The summed E-state index contributed by atoms with van der Waals surface area (Å²) in [6.07, 6.45) is 0.451. The number of alkyl halides is 1. The van der Waals surface area contributed by atoms with Crippen LogP contribution in [0.15, 0.2) is 51.5 Å². The van der Waals surface area contributed by atoms with E-state index in [1.807, 2.05) is 6.07 Å². The third-order valence-electron chi connectivity index (χ3n) is 5.18. The van der Waals surface area contributed by atoms with E-state index < -0.39 is 22.8 Å². The molecule has 0 aliphatic carbocycles. The van der Waals surface area contributed by atoms with Crippen LogP contribution in [0.25, 0.3) is 11.3 Å². The molecule has 0 bridgehead atoms. The van der Waals surface area contributed by atoms with Crippen molar-refractivity contribution >= 4 is 21.8 Å². The van der Waals surface area contributed by atoms with Crippen molar-refractivity contribution in [3.63, 3.8) is 0 Å². The maximum atomic E-state index is 13.1. The molecule has 2 aliphatic rings. The lowest BCUT2D eigenvalue weighted by Crippen LogP contribution is -2.36. The molecule has 2 aromatic rings.